The Morgan fingerprint density at radius 2 is 1.81 bits per heavy atom. The third-order valence-corrected chi connectivity index (χ3v) is 3.21. The number of carbonyl (C=O) groups is 1. The highest BCUT2D eigenvalue weighted by atomic mass is 16.5. The Morgan fingerprint density at radius 3 is 2.57 bits per heavy atom. The molecule has 0 spiro atoms. The Kier molecular flexibility index (Phi) is 4.05. The van der Waals surface area contributed by atoms with Gasteiger partial charge in [0, 0.05) is 17.8 Å². The minimum absolute atomic E-state index is 0.0341. The van der Waals surface area contributed by atoms with E-state index in [1.807, 2.05) is 54.6 Å². The molecule has 2 aromatic rings. The van der Waals surface area contributed by atoms with Crippen LogP contribution in [-0.4, -0.2) is 18.5 Å². The summed E-state index contributed by atoms with van der Waals surface area (Å²) in [5.74, 6) is 1.57. The van der Waals surface area contributed by atoms with Crippen molar-refractivity contribution in [2.24, 2.45) is 0 Å². The number of amides is 1. The molecule has 4 heteroatoms. The van der Waals surface area contributed by atoms with E-state index in [4.69, 9.17) is 4.74 Å². The quantitative estimate of drug-likeness (QED) is 0.855. The van der Waals surface area contributed by atoms with E-state index in [0.717, 1.165) is 30.0 Å². The van der Waals surface area contributed by atoms with Crippen molar-refractivity contribution < 1.29 is 9.53 Å². The molecule has 1 aliphatic carbocycles. The van der Waals surface area contributed by atoms with Crippen LogP contribution in [0.15, 0.2) is 54.6 Å². The van der Waals surface area contributed by atoms with E-state index in [0.29, 0.717) is 6.04 Å². The monoisotopic (exact) mass is 282 g/mol. The van der Waals surface area contributed by atoms with E-state index in [1.165, 1.54) is 0 Å². The minimum Gasteiger partial charge on any atom is -0.457 e. The topological polar surface area (TPSA) is 50.4 Å². The van der Waals surface area contributed by atoms with E-state index in [2.05, 4.69) is 10.6 Å². The molecule has 0 unspecified atom stereocenters. The lowest BCUT2D eigenvalue weighted by Crippen LogP contribution is -2.31. The molecule has 3 rings (SSSR count). The van der Waals surface area contributed by atoms with Crippen molar-refractivity contribution in [3.05, 3.63) is 54.6 Å². The zero-order valence-electron chi connectivity index (χ0n) is 11.7. The normalized spacial score (nSPS) is 13.5. The van der Waals surface area contributed by atoms with Gasteiger partial charge >= 0.3 is 0 Å². The first-order valence-electron chi connectivity index (χ1n) is 7.16. The predicted molar refractivity (Wildman–Crippen MR) is 82.6 cm³/mol. The fraction of sp³-hybridized carbons (Fsp3) is 0.235. The number of nitrogens with one attached hydrogen (secondary N) is 2. The van der Waals surface area contributed by atoms with Gasteiger partial charge < -0.3 is 15.4 Å². The fourth-order valence-corrected chi connectivity index (χ4v) is 1.98. The minimum atomic E-state index is 0.0341. The maximum Gasteiger partial charge on any atom is 0.239 e. The first-order valence-corrected chi connectivity index (χ1v) is 7.16. The molecule has 0 atom stereocenters. The van der Waals surface area contributed by atoms with Crippen LogP contribution in [-0.2, 0) is 4.79 Å². The highest BCUT2D eigenvalue weighted by molar-refractivity contribution is 5.81. The van der Waals surface area contributed by atoms with Gasteiger partial charge in [0.1, 0.15) is 11.5 Å². The molecule has 2 aromatic carbocycles. The lowest BCUT2D eigenvalue weighted by atomic mass is 10.3. The molecule has 1 fully saturated rings. The van der Waals surface area contributed by atoms with Gasteiger partial charge in [-0.2, -0.15) is 0 Å². The third-order valence-electron chi connectivity index (χ3n) is 3.21. The largest absolute Gasteiger partial charge is 0.457 e. The highest BCUT2D eigenvalue weighted by Gasteiger charge is 2.22. The molecule has 0 aromatic heterocycles. The van der Waals surface area contributed by atoms with Crippen molar-refractivity contribution in [1.29, 1.82) is 0 Å². The molecule has 4 nitrogen and oxygen atoms in total. The summed E-state index contributed by atoms with van der Waals surface area (Å²) in [5.41, 5.74) is 0.870. The molecule has 1 amide bonds. The van der Waals surface area contributed by atoms with E-state index in [1.54, 1.807) is 0 Å². The van der Waals surface area contributed by atoms with E-state index < -0.39 is 0 Å². The standard InChI is InChI=1S/C17H18N2O2/c20-17(19-13-9-10-13)12-18-14-5-4-8-16(11-14)21-15-6-2-1-3-7-15/h1-8,11,13,18H,9-10,12H2,(H,19,20). The molecule has 0 heterocycles. The fourth-order valence-electron chi connectivity index (χ4n) is 1.98. The Hall–Kier alpha value is -2.49. The first kappa shape index (κ1) is 13.5. The average Bonchev–Trinajstić information content (AvgIpc) is 3.31. The molecule has 0 aliphatic heterocycles. The molecular formula is C17H18N2O2. The van der Waals surface area contributed by atoms with Gasteiger partial charge in [0.05, 0.1) is 6.54 Å². The second-order valence-corrected chi connectivity index (χ2v) is 5.14. The number of benzene rings is 2. The lowest BCUT2D eigenvalue weighted by Gasteiger charge is -2.09. The van der Waals surface area contributed by atoms with Crippen LogP contribution in [0.2, 0.25) is 0 Å². The third kappa shape index (κ3) is 4.24. The first-order chi connectivity index (χ1) is 10.3. The van der Waals surface area contributed by atoms with Crippen LogP contribution < -0.4 is 15.4 Å². The van der Waals surface area contributed by atoms with Crippen molar-refractivity contribution >= 4 is 11.6 Å². The second-order valence-electron chi connectivity index (χ2n) is 5.14. The van der Waals surface area contributed by atoms with E-state index in [9.17, 15) is 4.79 Å². The maximum absolute atomic E-state index is 11.6. The number of hydrogen-bond acceptors (Lipinski definition) is 3. The van der Waals surface area contributed by atoms with E-state index in [-0.39, 0.29) is 12.5 Å². The zero-order valence-corrected chi connectivity index (χ0v) is 11.7. The lowest BCUT2D eigenvalue weighted by molar-refractivity contribution is -0.119. The van der Waals surface area contributed by atoms with Crippen LogP contribution in [0.1, 0.15) is 12.8 Å². The smallest absolute Gasteiger partial charge is 0.239 e. The van der Waals surface area contributed by atoms with Crippen LogP contribution in [0.3, 0.4) is 0 Å². The van der Waals surface area contributed by atoms with Crippen LogP contribution in [0, 0.1) is 0 Å². The molecular weight excluding hydrogens is 264 g/mol. The van der Waals surface area contributed by atoms with Crippen LogP contribution in [0.5, 0.6) is 11.5 Å². The number of ether oxygens (including phenoxy) is 1. The number of anilines is 1. The number of hydrogen-bond donors (Lipinski definition) is 2. The summed E-state index contributed by atoms with van der Waals surface area (Å²) >= 11 is 0. The average molecular weight is 282 g/mol. The summed E-state index contributed by atoms with van der Waals surface area (Å²) in [5, 5.41) is 6.06. The summed E-state index contributed by atoms with van der Waals surface area (Å²) in [6, 6.07) is 17.6. The summed E-state index contributed by atoms with van der Waals surface area (Å²) in [6.07, 6.45) is 2.21. The van der Waals surface area contributed by atoms with Crippen molar-refractivity contribution in [2.45, 2.75) is 18.9 Å². The molecule has 2 N–H and O–H groups in total. The molecule has 0 bridgehead atoms. The van der Waals surface area contributed by atoms with Gasteiger partial charge in [-0.3, -0.25) is 4.79 Å². The van der Waals surface area contributed by atoms with Crippen LogP contribution in [0.25, 0.3) is 0 Å². The molecule has 0 saturated heterocycles. The maximum atomic E-state index is 11.6. The van der Waals surface area contributed by atoms with Crippen LogP contribution in [0.4, 0.5) is 5.69 Å². The Morgan fingerprint density at radius 1 is 1.05 bits per heavy atom. The number of para-hydroxylation sites is 1. The van der Waals surface area contributed by atoms with Crippen molar-refractivity contribution in [3.63, 3.8) is 0 Å². The van der Waals surface area contributed by atoms with E-state index >= 15 is 0 Å². The molecule has 21 heavy (non-hydrogen) atoms. The SMILES string of the molecule is O=C(CNc1cccc(Oc2ccccc2)c1)NC1CC1. The highest BCUT2D eigenvalue weighted by Crippen LogP contribution is 2.23. The van der Waals surface area contributed by atoms with Gasteiger partial charge in [0.25, 0.3) is 0 Å². The van der Waals surface area contributed by atoms with Gasteiger partial charge in [0.15, 0.2) is 0 Å². The van der Waals surface area contributed by atoms with Crippen molar-refractivity contribution in [1.82, 2.24) is 5.32 Å². The van der Waals surface area contributed by atoms with Gasteiger partial charge in [-0.25, -0.2) is 0 Å². The zero-order chi connectivity index (χ0) is 14.5. The van der Waals surface area contributed by atoms with Gasteiger partial charge in [0.2, 0.25) is 5.91 Å². The molecule has 1 aliphatic rings. The van der Waals surface area contributed by atoms with Gasteiger partial charge in [-0.1, -0.05) is 24.3 Å². The Labute approximate surface area is 124 Å². The Bertz CT molecular complexity index is 609. The second kappa shape index (κ2) is 6.31. The molecule has 0 radical (unpaired) electrons. The summed E-state index contributed by atoms with van der Waals surface area (Å²) in [7, 11) is 0. The predicted octanol–water partition coefficient (Wildman–Crippen LogP) is 3.17. The molecule has 108 valence electrons. The summed E-state index contributed by atoms with van der Waals surface area (Å²) in [6.45, 7) is 0.283. The van der Waals surface area contributed by atoms with Crippen molar-refractivity contribution in [2.75, 3.05) is 11.9 Å². The number of rotatable bonds is 6. The van der Waals surface area contributed by atoms with Crippen LogP contribution >= 0.6 is 0 Å². The number of carbonyl (C=O) groups excluding carboxylic acids is 1. The Balaban J connectivity index is 1.56. The molecule has 1 saturated carbocycles. The van der Waals surface area contributed by atoms with Gasteiger partial charge in [-0.15, -0.1) is 0 Å². The summed E-state index contributed by atoms with van der Waals surface area (Å²) in [4.78, 5) is 11.6. The van der Waals surface area contributed by atoms with Gasteiger partial charge in [-0.05, 0) is 37.1 Å². The van der Waals surface area contributed by atoms with Crippen molar-refractivity contribution in [3.8, 4) is 11.5 Å². The summed E-state index contributed by atoms with van der Waals surface area (Å²) < 4.78 is 5.76.